The zero-order chi connectivity index (χ0) is 15.0. The van der Waals surface area contributed by atoms with E-state index in [2.05, 4.69) is 49.0 Å². The Balaban J connectivity index is 1.59. The molecule has 21 heavy (non-hydrogen) atoms. The molecule has 1 saturated carbocycles. The van der Waals surface area contributed by atoms with Crippen molar-refractivity contribution >= 4 is 0 Å². The Labute approximate surface area is 128 Å². The molecule has 0 bridgehead atoms. The fraction of sp³-hybridized carbons (Fsp3) is 0.765. The van der Waals surface area contributed by atoms with Crippen LogP contribution in [0.1, 0.15) is 43.8 Å². The average Bonchev–Trinajstić information content (AvgIpc) is 3.17. The lowest BCUT2D eigenvalue weighted by atomic mass is 9.99. The smallest absolute Gasteiger partial charge is 0.118 e. The van der Waals surface area contributed by atoms with E-state index >= 15 is 0 Å². The minimum absolute atomic E-state index is 0.256. The summed E-state index contributed by atoms with van der Waals surface area (Å²) in [4.78, 5) is 5.01. The highest BCUT2D eigenvalue weighted by molar-refractivity contribution is 5.21. The predicted octanol–water partition coefficient (Wildman–Crippen LogP) is 2.37. The molecular formula is C17H29N3O. The maximum atomic E-state index is 5.91. The first-order valence-corrected chi connectivity index (χ1v) is 8.19. The quantitative estimate of drug-likeness (QED) is 0.902. The highest BCUT2D eigenvalue weighted by Gasteiger charge is 2.31. The first-order valence-electron chi connectivity index (χ1n) is 8.19. The van der Waals surface area contributed by atoms with Crippen molar-refractivity contribution in [3.8, 4) is 0 Å². The van der Waals surface area contributed by atoms with E-state index in [1.807, 2.05) is 0 Å². The number of hydrogen-bond donors (Lipinski definition) is 1. The van der Waals surface area contributed by atoms with Crippen molar-refractivity contribution in [3.63, 3.8) is 0 Å². The minimum Gasteiger partial charge on any atom is -0.465 e. The Morgan fingerprint density at radius 3 is 2.76 bits per heavy atom. The second-order valence-corrected chi connectivity index (χ2v) is 7.39. The molecule has 1 aliphatic heterocycles. The summed E-state index contributed by atoms with van der Waals surface area (Å²) in [5, 5.41) is 3.52. The molecule has 0 spiro atoms. The number of nitrogens with zero attached hydrogens (tertiary/aromatic N) is 2. The number of likely N-dealkylation sites (N-methyl/N-ethyl adjacent to an activating group) is 1. The van der Waals surface area contributed by atoms with E-state index in [1.54, 1.807) is 0 Å². The van der Waals surface area contributed by atoms with Gasteiger partial charge in [0.15, 0.2) is 0 Å². The van der Waals surface area contributed by atoms with E-state index in [9.17, 15) is 0 Å². The summed E-state index contributed by atoms with van der Waals surface area (Å²) in [7, 11) is 2.22. The summed E-state index contributed by atoms with van der Waals surface area (Å²) in [6, 6.07) is 2.98. The molecule has 0 radical (unpaired) electrons. The van der Waals surface area contributed by atoms with E-state index in [4.69, 9.17) is 4.42 Å². The third-order valence-electron chi connectivity index (χ3n) is 5.00. The van der Waals surface area contributed by atoms with E-state index in [0.717, 1.165) is 50.3 Å². The number of piperazine rings is 1. The molecule has 118 valence electrons. The number of furan rings is 1. The van der Waals surface area contributed by atoms with Gasteiger partial charge in [-0.15, -0.1) is 0 Å². The second-order valence-electron chi connectivity index (χ2n) is 7.39. The van der Waals surface area contributed by atoms with Gasteiger partial charge in [-0.3, -0.25) is 9.80 Å². The molecule has 0 amide bonds. The normalized spacial score (nSPS) is 23.6. The SMILES string of the molecule is Cc1oc(CNC2CC2)cc1CN1CCN(C)C(C)(C)C1. The Hall–Kier alpha value is -0.840. The van der Waals surface area contributed by atoms with Crippen molar-refractivity contribution in [2.45, 2.75) is 58.3 Å². The molecule has 1 saturated heterocycles. The minimum atomic E-state index is 0.256. The first-order chi connectivity index (χ1) is 9.94. The van der Waals surface area contributed by atoms with Crippen molar-refractivity contribution in [3.05, 3.63) is 23.2 Å². The van der Waals surface area contributed by atoms with Crippen LogP contribution >= 0.6 is 0 Å². The molecule has 1 aliphatic carbocycles. The Bertz CT molecular complexity index is 490. The van der Waals surface area contributed by atoms with Gasteiger partial charge in [-0.05, 0) is 46.7 Å². The van der Waals surface area contributed by atoms with Gasteiger partial charge in [-0.1, -0.05) is 0 Å². The number of aryl methyl sites for hydroxylation is 1. The largest absolute Gasteiger partial charge is 0.465 e. The Morgan fingerprint density at radius 1 is 1.33 bits per heavy atom. The van der Waals surface area contributed by atoms with Gasteiger partial charge < -0.3 is 9.73 Å². The molecule has 1 aromatic rings. The van der Waals surface area contributed by atoms with E-state index in [1.165, 1.54) is 18.4 Å². The number of nitrogens with one attached hydrogen (secondary N) is 1. The summed E-state index contributed by atoms with van der Waals surface area (Å²) in [5.41, 5.74) is 1.61. The van der Waals surface area contributed by atoms with Crippen LogP contribution < -0.4 is 5.32 Å². The topological polar surface area (TPSA) is 31.7 Å². The zero-order valence-electron chi connectivity index (χ0n) is 13.9. The molecule has 2 heterocycles. The predicted molar refractivity (Wildman–Crippen MR) is 85.3 cm³/mol. The summed E-state index contributed by atoms with van der Waals surface area (Å²) >= 11 is 0. The molecule has 3 rings (SSSR count). The van der Waals surface area contributed by atoms with Crippen molar-refractivity contribution in [2.24, 2.45) is 0 Å². The van der Waals surface area contributed by atoms with Crippen LogP contribution in [0.5, 0.6) is 0 Å². The van der Waals surface area contributed by atoms with Gasteiger partial charge >= 0.3 is 0 Å². The lowest BCUT2D eigenvalue weighted by molar-refractivity contribution is 0.0358. The van der Waals surface area contributed by atoms with Gasteiger partial charge in [0.2, 0.25) is 0 Å². The lowest BCUT2D eigenvalue weighted by Gasteiger charge is -2.45. The summed E-state index contributed by atoms with van der Waals surface area (Å²) < 4.78 is 5.91. The third-order valence-corrected chi connectivity index (χ3v) is 5.00. The fourth-order valence-electron chi connectivity index (χ4n) is 3.08. The summed E-state index contributed by atoms with van der Waals surface area (Å²) in [6.45, 7) is 12.0. The fourth-order valence-corrected chi connectivity index (χ4v) is 3.08. The van der Waals surface area contributed by atoms with Gasteiger partial charge in [0.1, 0.15) is 11.5 Å². The van der Waals surface area contributed by atoms with Gasteiger partial charge in [-0.25, -0.2) is 0 Å². The van der Waals surface area contributed by atoms with Crippen molar-refractivity contribution in [1.82, 2.24) is 15.1 Å². The average molecular weight is 291 g/mol. The molecule has 0 unspecified atom stereocenters. The van der Waals surface area contributed by atoms with Crippen LogP contribution in [0.2, 0.25) is 0 Å². The molecule has 4 heteroatoms. The highest BCUT2D eigenvalue weighted by Crippen LogP contribution is 2.24. The number of hydrogen-bond acceptors (Lipinski definition) is 4. The van der Waals surface area contributed by atoms with Crippen LogP contribution in [0.15, 0.2) is 10.5 Å². The molecule has 1 aromatic heterocycles. The maximum absolute atomic E-state index is 5.91. The van der Waals surface area contributed by atoms with Crippen LogP contribution in [0, 0.1) is 6.92 Å². The molecule has 2 aliphatic rings. The Kier molecular flexibility index (Phi) is 4.12. The van der Waals surface area contributed by atoms with Crippen LogP contribution in [-0.2, 0) is 13.1 Å². The van der Waals surface area contributed by atoms with Gasteiger partial charge in [-0.2, -0.15) is 0 Å². The van der Waals surface area contributed by atoms with Crippen molar-refractivity contribution in [2.75, 3.05) is 26.7 Å². The lowest BCUT2D eigenvalue weighted by Crippen LogP contribution is -2.57. The van der Waals surface area contributed by atoms with Crippen LogP contribution in [0.25, 0.3) is 0 Å². The second kappa shape index (κ2) is 5.75. The van der Waals surface area contributed by atoms with Gasteiger partial charge in [0.25, 0.3) is 0 Å². The van der Waals surface area contributed by atoms with Crippen molar-refractivity contribution in [1.29, 1.82) is 0 Å². The molecule has 2 fully saturated rings. The molecule has 0 aromatic carbocycles. The van der Waals surface area contributed by atoms with E-state index < -0.39 is 0 Å². The zero-order valence-corrected chi connectivity index (χ0v) is 13.9. The van der Waals surface area contributed by atoms with Crippen LogP contribution in [0.4, 0.5) is 0 Å². The highest BCUT2D eigenvalue weighted by atomic mass is 16.3. The van der Waals surface area contributed by atoms with Crippen LogP contribution in [-0.4, -0.2) is 48.1 Å². The van der Waals surface area contributed by atoms with E-state index in [0.29, 0.717) is 0 Å². The van der Waals surface area contributed by atoms with Crippen LogP contribution in [0.3, 0.4) is 0 Å². The van der Waals surface area contributed by atoms with E-state index in [-0.39, 0.29) is 5.54 Å². The molecular weight excluding hydrogens is 262 g/mol. The summed E-state index contributed by atoms with van der Waals surface area (Å²) in [5.74, 6) is 2.17. The molecule has 0 atom stereocenters. The molecule has 1 N–H and O–H groups in total. The van der Waals surface area contributed by atoms with Crippen molar-refractivity contribution < 1.29 is 4.42 Å². The maximum Gasteiger partial charge on any atom is 0.118 e. The van der Waals surface area contributed by atoms with Gasteiger partial charge in [0.05, 0.1) is 6.54 Å². The first kappa shape index (κ1) is 15.1. The Morgan fingerprint density at radius 2 is 2.10 bits per heavy atom. The van der Waals surface area contributed by atoms with Gasteiger partial charge in [0, 0.05) is 43.3 Å². The summed E-state index contributed by atoms with van der Waals surface area (Å²) in [6.07, 6.45) is 2.64. The molecule has 4 nitrogen and oxygen atoms in total. The standard InChI is InChI=1S/C17H29N3O/c1-13-14(9-16(21-13)10-18-15-5-6-15)11-20-8-7-19(4)17(2,3)12-20/h9,15,18H,5-8,10-12H2,1-4H3. The monoisotopic (exact) mass is 291 g/mol. The third kappa shape index (κ3) is 3.68. The number of rotatable bonds is 5.